The Balaban J connectivity index is 2.06. The molecule has 0 aliphatic carbocycles. The number of hydrogen-bond donors (Lipinski definition) is 3. The molecule has 6 nitrogen and oxygen atoms in total. The van der Waals surface area contributed by atoms with E-state index in [0.29, 0.717) is 18.1 Å². The molecule has 0 saturated carbocycles. The van der Waals surface area contributed by atoms with Crippen LogP contribution in [0.3, 0.4) is 0 Å². The Kier molecular flexibility index (Phi) is 9.97. The van der Waals surface area contributed by atoms with Gasteiger partial charge in [-0.15, -0.1) is 0 Å². The summed E-state index contributed by atoms with van der Waals surface area (Å²) in [7, 11) is 0. The molecule has 3 N–H and O–H groups in total. The lowest BCUT2D eigenvalue weighted by Gasteiger charge is -2.25. The third-order valence-corrected chi connectivity index (χ3v) is 6.10. The van der Waals surface area contributed by atoms with Crippen molar-refractivity contribution < 1.29 is 24.5 Å². The third kappa shape index (κ3) is 9.19. The van der Waals surface area contributed by atoms with Gasteiger partial charge in [0, 0.05) is 24.7 Å². The molecular weight excluding hydrogens is 390 g/mol. The predicted octanol–water partition coefficient (Wildman–Crippen LogP) is 3.49. The molecule has 0 bridgehead atoms. The smallest absolute Gasteiger partial charge is 0.330 e. The van der Waals surface area contributed by atoms with E-state index in [4.69, 9.17) is 4.74 Å². The number of carbonyl (C=O) groups is 2. The topological polar surface area (TPSA) is 95.9 Å². The predicted molar refractivity (Wildman–Crippen MR) is 116 cm³/mol. The van der Waals surface area contributed by atoms with Gasteiger partial charge in [0.25, 0.3) is 5.24 Å². The van der Waals surface area contributed by atoms with E-state index in [0.717, 1.165) is 36.6 Å². The third-order valence-electron chi connectivity index (χ3n) is 5.20. The molecule has 29 heavy (non-hydrogen) atoms. The maximum Gasteiger partial charge on any atom is 0.330 e. The summed E-state index contributed by atoms with van der Waals surface area (Å²) in [5, 5.41) is 23.5. The SMILES string of the molecule is C/C1=C/C(=O)OC(CC(O)C2CSC(=O)N2)CC(O)CCC(C)/C=C\C=C\CC1. The van der Waals surface area contributed by atoms with Gasteiger partial charge in [-0.1, -0.05) is 48.6 Å². The van der Waals surface area contributed by atoms with Gasteiger partial charge in [-0.25, -0.2) is 4.79 Å². The lowest BCUT2D eigenvalue weighted by Crippen LogP contribution is -2.41. The van der Waals surface area contributed by atoms with Crippen LogP contribution in [-0.4, -0.2) is 51.5 Å². The van der Waals surface area contributed by atoms with Crippen LogP contribution >= 0.6 is 11.8 Å². The molecule has 2 rings (SSSR count). The van der Waals surface area contributed by atoms with Crippen molar-refractivity contribution in [3.05, 3.63) is 36.0 Å². The molecule has 0 aromatic heterocycles. The highest BCUT2D eigenvalue weighted by Gasteiger charge is 2.31. The minimum Gasteiger partial charge on any atom is -0.459 e. The van der Waals surface area contributed by atoms with Gasteiger partial charge < -0.3 is 20.3 Å². The summed E-state index contributed by atoms with van der Waals surface area (Å²) in [6.45, 7) is 3.99. The van der Waals surface area contributed by atoms with E-state index in [9.17, 15) is 19.8 Å². The lowest BCUT2D eigenvalue weighted by molar-refractivity contribution is -0.146. The molecule has 1 saturated heterocycles. The second-order valence-corrected chi connectivity index (χ2v) is 8.99. The van der Waals surface area contributed by atoms with Gasteiger partial charge in [-0.3, -0.25) is 4.79 Å². The molecular formula is C22H33NO5S. The molecule has 0 spiro atoms. The first-order valence-corrected chi connectivity index (χ1v) is 11.3. The van der Waals surface area contributed by atoms with Crippen LogP contribution in [0.1, 0.15) is 52.4 Å². The van der Waals surface area contributed by atoms with Crippen LogP contribution in [0.5, 0.6) is 0 Å². The quantitative estimate of drug-likeness (QED) is 0.602. The second kappa shape index (κ2) is 12.2. The van der Waals surface area contributed by atoms with E-state index in [1.165, 1.54) is 6.08 Å². The summed E-state index contributed by atoms with van der Waals surface area (Å²) in [5.74, 6) is 0.363. The van der Waals surface area contributed by atoms with Crippen molar-refractivity contribution in [3.8, 4) is 0 Å². The number of aliphatic hydroxyl groups excluding tert-OH is 2. The number of ether oxygens (including phenoxy) is 1. The normalized spacial score (nSPS) is 35.1. The molecule has 1 amide bonds. The number of rotatable bonds is 3. The van der Waals surface area contributed by atoms with Crippen molar-refractivity contribution in [1.82, 2.24) is 5.32 Å². The van der Waals surface area contributed by atoms with Gasteiger partial charge in [0.05, 0.1) is 18.2 Å². The average molecular weight is 424 g/mol. The highest BCUT2D eigenvalue weighted by atomic mass is 32.2. The van der Waals surface area contributed by atoms with Crippen LogP contribution in [0.2, 0.25) is 0 Å². The van der Waals surface area contributed by atoms with Crippen LogP contribution in [0.25, 0.3) is 0 Å². The summed E-state index contributed by atoms with van der Waals surface area (Å²) in [6, 6.07) is -0.363. The molecule has 1 fully saturated rings. The van der Waals surface area contributed by atoms with Crippen LogP contribution in [0.15, 0.2) is 36.0 Å². The fourth-order valence-electron chi connectivity index (χ4n) is 3.42. The summed E-state index contributed by atoms with van der Waals surface area (Å²) in [6.07, 6.45) is 11.1. The Morgan fingerprint density at radius 2 is 2.10 bits per heavy atom. The largest absolute Gasteiger partial charge is 0.459 e. The molecule has 0 aromatic rings. The zero-order chi connectivity index (χ0) is 21.2. The maximum atomic E-state index is 12.3. The number of thioether (sulfide) groups is 1. The Hall–Kier alpha value is -1.57. The number of esters is 1. The number of cyclic esters (lactones) is 1. The van der Waals surface area contributed by atoms with Gasteiger partial charge in [0.15, 0.2) is 0 Å². The number of allylic oxidation sites excluding steroid dienone is 5. The first-order chi connectivity index (χ1) is 13.8. The van der Waals surface area contributed by atoms with E-state index >= 15 is 0 Å². The van der Waals surface area contributed by atoms with E-state index < -0.39 is 24.3 Å². The van der Waals surface area contributed by atoms with Gasteiger partial charge >= 0.3 is 5.97 Å². The number of aliphatic hydroxyl groups is 2. The molecule has 0 radical (unpaired) electrons. The Morgan fingerprint density at radius 3 is 2.83 bits per heavy atom. The summed E-state index contributed by atoms with van der Waals surface area (Å²) in [5.41, 5.74) is 0.920. The summed E-state index contributed by atoms with van der Waals surface area (Å²) < 4.78 is 5.59. The molecule has 2 aliphatic heterocycles. The van der Waals surface area contributed by atoms with Crippen molar-refractivity contribution in [1.29, 1.82) is 0 Å². The Bertz CT molecular complexity index is 645. The minimum absolute atomic E-state index is 0.154. The van der Waals surface area contributed by atoms with Gasteiger partial charge in [-0.2, -0.15) is 0 Å². The lowest BCUT2D eigenvalue weighted by atomic mass is 9.96. The number of hydrogen-bond acceptors (Lipinski definition) is 6. The Labute approximate surface area is 177 Å². The number of amides is 1. The molecule has 2 heterocycles. The molecule has 162 valence electrons. The first-order valence-electron chi connectivity index (χ1n) is 10.3. The van der Waals surface area contributed by atoms with Crippen molar-refractivity contribution in [2.45, 2.75) is 76.7 Å². The van der Waals surface area contributed by atoms with E-state index in [2.05, 4.69) is 24.4 Å². The molecule has 5 atom stereocenters. The average Bonchev–Trinajstić information content (AvgIpc) is 3.08. The van der Waals surface area contributed by atoms with Crippen molar-refractivity contribution >= 4 is 23.0 Å². The van der Waals surface area contributed by atoms with Gasteiger partial charge in [0.2, 0.25) is 0 Å². The highest BCUT2D eigenvalue weighted by molar-refractivity contribution is 8.13. The van der Waals surface area contributed by atoms with Gasteiger partial charge in [-0.05, 0) is 38.5 Å². The Morgan fingerprint density at radius 1 is 1.31 bits per heavy atom. The molecule has 0 aromatic carbocycles. The molecule has 7 heteroatoms. The van der Waals surface area contributed by atoms with Crippen LogP contribution < -0.4 is 5.32 Å². The van der Waals surface area contributed by atoms with E-state index in [1.54, 1.807) is 0 Å². The monoisotopic (exact) mass is 423 g/mol. The minimum atomic E-state index is -0.832. The van der Waals surface area contributed by atoms with Crippen LogP contribution in [-0.2, 0) is 9.53 Å². The van der Waals surface area contributed by atoms with Crippen molar-refractivity contribution in [3.63, 3.8) is 0 Å². The van der Waals surface area contributed by atoms with Crippen LogP contribution in [0, 0.1) is 5.92 Å². The maximum absolute atomic E-state index is 12.3. The first kappa shape index (κ1) is 23.7. The molecule has 5 unspecified atom stereocenters. The number of carbonyl (C=O) groups excluding carboxylic acids is 2. The fourth-order valence-corrected chi connectivity index (χ4v) is 4.29. The van der Waals surface area contributed by atoms with Gasteiger partial charge in [0.1, 0.15) is 6.10 Å². The highest BCUT2D eigenvalue weighted by Crippen LogP contribution is 2.22. The summed E-state index contributed by atoms with van der Waals surface area (Å²) in [4.78, 5) is 23.7. The zero-order valence-corrected chi connectivity index (χ0v) is 18.1. The van der Waals surface area contributed by atoms with E-state index in [1.807, 2.05) is 19.1 Å². The molecule has 2 aliphatic rings. The fraction of sp³-hybridized carbons (Fsp3) is 0.636. The zero-order valence-electron chi connectivity index (χ0n) is 17.3. The second-order valence-electron chi connectivity index (χ2n) is 8.00. The number of nitrogens with one attached hydrogen (secondary N) is 1. The summed E-state index contributed by atoms with van der Waals surface area (Å²) >= 11 is 1.14. The van der Waals surface area contributed by atoms with Crippen molar-refractivity contribution in [2.24, 2.45) is 5.92 Å². The van der Waals surface area contributed by atoms with Crippen molar-refractivity contribution in [2.75, 3.05) is 5.75 Å². The standard InChI is InChI=1S/C22H33NO5S/c1-15-7-5-3-4-6-8-16(2)11-21(26)28-18(12-17(24)10-9-15)13-20(25)19-14-29-22(27)23-19/h3-5,7,11,15,17-20,24-25H,6,8-10,12-14H2,1-2H3,(H,23,27)/b4-3+,7-5-,16-11-. The van der Waals surface area contributed by atoms with E-state index in [-0.39, 0.29) is 24.1 Å². The van der Waals surface area contributed by atoms with Crippen LogP contribution in [0.4, 0.5) is 4.79 Å².